The van der Waals surface area contributed by atoms with Gasteiger partial charge in [-0.3, -0.25) is 9.69 Å². The molecule has 0 aromatic carbocycles. The van der Waals surface area contributed by atoms with Crippen molar-refractivity contribution < 1.29 is 4.79 Å². The van der Waals surface area contributed by atoms with E-state index in [2.05, 4.69) is 25.1 Å². The predicted octanol–water partition coefficient (Wildman–Crippen LogP) is 3.12. The summed E-state index contributed by atoms with van der Waals surface area (Å²) in [5.74, 6) is 0.407. The van der Waals surface area contributed by atoms with Gasteiger partial charge in [0.25, 0.3) is 0 Å². The Morgan fingerprint density at radius 1 is 1.35 bits per heavy atom. The molecule has 1 aromatic rings. The molecule has 0 saturated heterocycles. The lowest BCUT2D eigenvalue weighted by atomic mass is 9.76. The van der Waals surface area contributed by atoms with Crippen molar-refractivity contribution in [3.8, 4) is 0 Å². The van der Waals surface area contributed by atoms with Crippen molar-refractivity contribution in [2.45, 2.75) is 44.1 Å². The molecule has 0 N–H and O–H groups in total. The Morgan fingerprint density at radius 2 is 2.06 bits per heavy atom. The van der Waals surface area contributed by atoms with Gasteiger partial charge in [0.05, 0.1) is 5.54 Å². The van der Waals surface area contributed by atoms with Crippen LogP contribution in [0.25, 0.3) is 0 Å². The SMILES string of the molecule is CN(C)C1(C(=O)Cc2cccs2)CCCCC1. The Bertz CT molecular complexity index is 364. The average molecular weight is 251 g/mol. The fraction of sp³-hybridized carbons (Fsp3) is 0.643. The van der Waals surface area contributed by atoms with E-state index in [1.54, 1.807) is 11.3 Å². The van der Waals surface area contributed by atoms with Gasteiger partial charge in [-0.15, -0.1) is 11.3 Å². The summed E-state index contributed by atoms with van der Waals surface area (Å²) < 4.78 is 0. The molecule has 0 amide bonds. The van der Waals surface area contributed by atoms with Gasteiger partial charge in [0, 0.05) is 11.3 Å². The average Bonchev–Trinajstić information content (AvgIpc) is 2.82. The molecule has 0 atom stereocenters. The molecule has 17 heavy (non-hydrogen) atoms. The predicted molar refractivity (Wildman–Crippen MR) is 72.5 cm³/mol. The van der Waals surface area contributed by atoms with E-state index < -0.39 is 0 Å². The number of hydrogen-bond acceptors (Lipinski definition) is 3. The minimum absolute atomic E-state index is 0.192. The van der Waals surface area contributed by atoms with Gasteiger partial charge in [-0.05, 0) is 38.4 Å². The smallest absolute Gasteiger partial charge is 0.158 e. The summed E-state index contributed by atoms with van der Waals surface area (Å²) in [4.78, 5) is 15.9. The van der Waals surface area contributed by atoms with Crippen LogP contribution in [0.3, 0.4) is 0 Å². The number of carbonyl (C=O) groups excluding carboxylic acids is 1. The van der Waals surface area contributed by atoms with Gasteiger partial charge >= 0.3 is 0 Å². The van der Waals surface area contributed by atoms with Crippen LogP contribution in [0.4, 0.5) is 0 Å². The lowest BCUT2D eigenvalue weighted by Crippen LogP contribution is -2.53. The Morgan fingerprint density at radius 3 is 2.59 bits per heavy atom. The van der Waals surface area contributed by atoms with Crippen molar-refractivity contribution in [2.75, 3.05) is 14.1 Å². The minimum Gasteiger partial charge on any atom is -0.297 e. The Labute approximate surface area is 108 Å². The molecular formula is C14H21NOS. The molecule has 2 nitrogen and oxygen atoms in total. The fourth-order valence-corrected chi connectivity index (χ4v) is 3.55. The summed E-state index contributed by atoms with van der Waals surface area (Å²) in [6.07, 6.45) is 6.33. The lowest BCUT2D eigenvalue weighted by Gasteiger charge is -2.41. The third kappa shape index (κ3) is 2.61. The number of likely N-dealkylation sites (N-methyl/N-ethyl adjacent to an activating group) is 1. The topological polar surface area (TPSA) is 20.3 Å². The Hall–Kier alpha value is -0.670. The minimum atomic E-state index is -0.192. The highest BCUT2D eigenvalue weighted by Crippen LogP contribution is 2.34. The van der Waals surface area contributed by atoms with Crippen LogP contribution in [0.15, 0.2) is 17.5 Å². The van der Waals surface area contributed by atoms with E-state index in [0.29, 0.717) is 12.2 Å². The zero-order valence-corrected chi connectivity index (χ0v) is 11.6. The van der Waals surface area contributed by atoms with E-state index in [4.69, 9.17) is 0 Å². The van der Waals surface area contributed by atoms with Crippen LogP contribution in [0.2, 0.25) is 0 Å². The van der Waals surface area contributed by atoms with E-state index in [1.165, 1.54) is 24.1 Å². The summed E-state index contributed by atoms with van der Waals surface area (Å²) in [5.41, 5.74) is -0.192. The Kier molecular flexibility index (Phi) is 4.00. The van der Waals surface area contributed by atoms with Crippen LogP contribution in [-0.4, -0.2) is 30.3 Å². The number of Topliss-reactive ketones (excluding diaryl/α,β-unsaturated/α-hetero) is 1. The number of carbonyl (C=O) groups is 1. The van der Waals surface area contributed by atoms with Gasteiger partial charge in [0.1, 0.15) is 0 Å². The summed E-state index contributed by atoms with van der Waals surface area (Å²) in [5, 5.41) is 2.05. The molecule has 1 fully saturated rings. The van der Waals surface area contributed by atoms with Crippen LogP contribution in [0, 0.1) is 0 Å². The molecule has 1 heterocycles. The number of nitrogens with zero attached hydrogens (tertiary/aromatic N) is 1. The number of thiophene rings is 1. The summed E-state index contributed by atoms with van der Waals surface area (Å²) in [6, 6.07) is 4.09. The molecule has 0 radical (unpaired) electrons. The second-order valence-corrected chi connectivity index (χ2v) is 6.20. The summed E-state index contributed by atoms with van der Waals surface area (Å²) in [7, 11) is 4.11. The largest absolute Gasteiger partial charge is 0.297 e. The molecule has 1 aliphatic rings. The normalized spacial score (nSPS) is 19.5. The van der Waals surface area contributed by atoms with Gasteiger partial charge < -0.3 is 0 Å². The second kappa shape index (κ2) is 5.32. The standard InChI is InChI=1S/C14H21NOS/c1-15(2)14(8-4-3-5-9-14)13(16)11-12-7-6-10-17-12/h6-7,10H,3-5,8-9,11H2,1-2H3. The number of hydrogen-bond donors (Lipinski definition) is 0. The van der Waals surface area contributed by atoms with Crippen LogP contribution < -0.4 is 0 Å². The van der Waals surface area contributed by atoms with E-state index in [9.17, 15) is 4.79 Å². The van der Waals surface area contributed by atoms with Crippen molar-refractivity contribution in [2.24, 2.45) is 0 Å². The molecule has 2 rings (SSSR count). The van der Waals surface area contributed by atoms with Crippen molar-refractivity contribution in [1.29, 1.82) is 0 Å². The number of ketones is 1. The number of rotatable bonds is 4. The Balaban J connectivity index is 2.13. The van der Waals surface area contributed by atoms with E-state index >= 15 is 0 Å². The zero-order valence-electron chi connectivity index (χ0n) is 10.7. The van der Waals surface area contributed by atoms with Crippen LogP contribution in [0.1, 0.15) is 37.0 Å². The quantitative estimate of drug-likeness (QED) is 0.819. The molecule has 1 aromatic heterocycles. The highest BCUT2D eigenvalue weighted by atomic mass is 32.1. The second-order valence-electron chi connectivity index (χ2n) is 5.17. The van der Waals surface area contributed by atoms with Crippen LogP contribution >= 0.6 is 11.3 Å². The zero-order chi connectivity index (χ0) is 12.3. The fourth-order valence-electron chi connectivity index (χ4n) is 2.85. The maximum absolute atomic E-state index is 12.6. The first-order valence-corrected chi connectivity index (χ1v) is 7.26. The van der Waals surface area contributed by atoms with Crippen LogP contribution in [0.5, 0.6) is 0 Å². The van der Waals surface area contributed by atoms with E-state index in [0.717, 1.165) is 12.8 Å². The molecule has 1 saturated carbocycles. The van der Waals surface area contributed by atoms with Crippen molar-refractivity contribution >= 4 is 17.1 Å². The van der Waals surface area contributed by atoms with E-state index in [1.807, 2.05) is 11.4 Å². The molecule has 94 valence electrons. The molecule has 0 bridgehead atoms. The van der Waals surface area contributed by atoms with Gasteiger partial charge in [0.15, 0.2) is 5.78 Å². The van der Waals surface area contributed by atoms with E-state index in [-0.39, 0.29) is 5.54 Å². The summed E-state index contributed by atoms with van der Waals surface area (Å²) >= 11 is 1.69. The first kappa shape index (κ1) is 12.8. The summed E-state index contributed by atoms with van der Waals surface area (Å²) in [6.45, 7) is 0. The third-order valence-corrected chi connectivity index (χ3v) is 4.85. The molecule has 1 aliphatic carbocycles. The van der Waals surface area contributed by atoms with Gasteiger partial charge in [0.2, 0.25) is 0 Å². The van der Waals surface area contributed by atoms with Gasteiger partial charge in [-0.25, -0.2) is 0 Å². The highest BCUT2D eigenvalue weighted by molar-refractivity contribution is 7.10. The van der Waals surface area contributed by atoms with Crippen molar-refractivity contribution in [3.05, 3.63) is 22.4 Å². The highest BCUT2D eigenvalue weighted by Gasteiger charge is 2.40. The van der Waals surface area contributed by atoms with Gasteiger partial charge in [-0.2, -0.15) is 0 Å². The lowest BCUT2D eigenvalue weighted by molar-refractivity contribution is -0.131. The van der Waals surface area contributed by atoms with Crippen LogP contribution in [-0.2, 0) is 11.2 Å². The first-order chi connectivity index (χ1) is 8.15. The molecular weight excluding hydrogens is 230 g/mol. The van der Waals surface area contributed by atoms with Crippen molar-refractivity contribution in [1.82, 2.24) is 4.90 Å². The van der Waals surface area contributed by atoms with Gasteiger partial charge in [-0.1, -0.05) is 25.3 Å². The monoisotopic (exact) mass is 251 g/mol. The molecule has 0 unspecified atom stereocenters. The molecule has 3 heteroatoms. The molecule has 0 aliphatic heterocycles. The maximum atomic E-state index is 12.6. The first-order valence-electron chi connectivity index (χ1n) is 6.38. The molecule has 0 spiro atoms. The maximum Gasteiger partial charge on any atom is 0.158 e. The third-order valence-electron chi connectivity index (χ3n) is 3.97. The van der Waals surface area contributed by atoms with Crippen molar-refractivity contribution in [3.63, 3.8) is 0 Å².